The van der Waals surface area contributed by atoms with E-state index < -0.39 is 0 Å². The first-order chi connectivity index (χ1) is 12.5. The van der Waals surface area contributed by atoms with Gasteiger partial charge in [0.15, 0.2) is 5.43 Å². The van der Waals surface area contributed by atoms with Crippen molar-refractivity contribution in [1.82, 2.24) is 9.88 Å². The minimum Gasteiger partial charge on any atom is -0.353 e. The second kappa shape index (κ2) is 8.55. The van der Waals surface area contributed by atoms with Crippen LogP contribution in [0.2, 0.25) is 0 Å². The summed E-state index contributed by atoms with van der Waals surface area (Å²) in [5, 5.41) is 4.19. The van der Waals surface area contributed by atoms with Crippen LogP contribution in [-0.2, 0) is 11.3 Å². The molecule has 0 spiro atoms. The van der Waals surface area contributed by atoms with Crippen molar-refractivity contribution in [3.05, 3.63) is 58.8 Å². The highest BCUT2D eigenvalue weighted by atomic mass is 35.5. The lowest BCUT2D eigenvalue weighted by Gasteiger charge is -2.27. The molecule has 0 unspecified atom stereocenters. The van der Waals surface area contributed by atoms with E-state index in [1.54, 1.807) is 12.1 Å². The first kappa shape index (κ1) is 20.9. The summed E-state index contributed by atoms with van der Waals surface area (Å²) >= 11 is 0. The van der Waals surface area contributed by atoms with Crippen molar-refractivity contribution in [2.75, 3.05) is 6.54 Å². The molecule has 6 heteroatoms. The Morgan fingerprint density at radius 1 is 1.00 bits per heavy atom. The van der Waals surface area contributed by atoms with Gasteiger partial charge in [-0.25, -0.2) is 0 Å². The third-order valence-electron chi connectivity index (χ3n) is 5.23. The molecule has 0 saturated heterocycles. The van der Waals surface area contributed by atoms with Gasteiger partial charge in [0.2, 0.25) is 5.91 Å². The Morgan fingerprint density at radius 3 is 1.96 bits per heavy atom. The molecule has 0 saturated carbocycles. The summed E-state index contributed by atoms with van der Waals surface area (Å²) in [5.74, 6) is -0.110. The quantitative estimate of drug-likeness (QED) is 0.637. The molecule has 0 radical (unpaired) electrons. The molecule has 144 valence electrons. The van der Waals surface area contributed by atoms with Crippen molar-refractivity contribution in [3.63, 3.8) is 0 Å². The van der Waals surface area contributed by atoms with E-state index >= 15 is 0 Å². The van der Waals surface area contributed by atoms with Crippen molar-refractivity contribution in [1.29, 1.82) is 0 Å². The molecular formula is C21H26ClN3O2. The zero-order chi connectivity index (χ0) is 18.7. The number of halogens is 1. The molecule has 1 heterocycles. The van der Waals surface area contributed by atoms with Gasteiger partial charge in [0, 0.05) is 22.9 Å². The van der Waals surface area contributed by atoms with E-state index in [-0.39, 0.29) is 35.8 Å². The number of pyridine rings is 1. The highest BCUT2D eigenvalue weighted by Gasteiger charge is 2.21. The number of fused-ring (bicyclic) bond motifs is 2. The first-order valence-electron chi connectivity index (χ1n) is 9.05. The van der Waals surface area contributed by atoms with Gasteiger partial charge in [0.25, 0.3) is 0 Å². The summed E-state index contributed by atoms with van der Waals surface area (Å²) in [6, 6.07) is 14.8. The van der Waals surface area contributed by atoms with Crippen LogP contribution in [0.15, 0.2) is 53.3 Å². The maximum Gasteiger partial charge on any atom is 0.240 e. The lowest BCUT2D eigenvalue weighted by Crippen LogP contribution is -2.49. The Morgan fingerprint density at radius 2 is 1.48 bits per heavy atom. The van der Waals surface area contributed by atoms with Crippen molar-refractivity contribution >= 4 is 40.1 Å². The summed E-state index contributed by atoms with van der Waals surface area (Å²) in [4.78, 5) is 25.3. The van der Waals surface area contributed by atoms with Crippen LogP contribution in [0.1, 0.15) is 26.7 Å². The highest BCUT2D eigenvalue weighted by molar-refractivity contribution is 5.94. The number of amides is 1. The number of hydrogen-bond donors (Lipinski definition) is 2. The van der Waals surface area contributed by atoms with Crippen LogP contribution in [0.4, 0.5) is 0 Å². The van der Waals surface area contributed by atoms with Crippen LogP contribution < -0.4 is 16.5 Å². The predicted octanol–water partition coefficient (Wildman–Crippen LogP) is 3.21. The Labute approximate surface area is 165 Å². The minimum absolute atomic E-state index is 0. The molecule has 0 bridgehead atoms. The van der Waals surface area contributed by atoms with E-state index in [2.05, 4.69) is 5.32 Å². The van der Waals surface area contributed by atoms with E-state index in [9.17, 15) is 9.59 Å². The largest absolute Gasteiger partial charge is 0.353 e. The number of nitrogens with one attached hydrogen (secondary N) is 1. The molecule has 2 aromatic carbocycles. The van der Waals surface area contributed by atoms with Gasteiger partial charge in [-0.1, -0.05) is 38.1 Å². The van der Waals surface area contributed by atoms with Crippen LogP contribution >= 0.6 is 12.4 Å². The smallest absolute Gasteiger partial charge is 0.240 e. The number of nitrogens with zero attached hydrogens (tertiary/aromatic N) is 1. The van der Waals surface area contributed by atoms with E-state index in [0.717, 1.165) is 23.9 Å². The Kier molecular flexibility index (Phi) is 6.63. The van der Waals surface area contributed by atoms with Crippen LogP contribution in [0.25, 0.3) is 21.8 Å². The maximum absolute atomic E-state index is 12.7. The molecule has 0 aliphatic carbocycles. The number of rotatable bonds is 6. The van der Waals surface area contributed by atoms with Gasteiger partial charge in [0.05, 0.1) is 11.0 Å². The van der Waals surface area contributed by atoms with Crippen LogP contribution in [0, 0.1) is 0 Å². The van der Waals surface area contributed by atoms with Crippen molar-refractivity contribution < 1.29 is 4.79 Å². The van der Waals surface area contributed by atoms with E-state index in [1.165, 1.54) is 0 Å². The first-order valence-corrected chi connectivity index (χ1v) is 9.05. The van der Waals surface area contributed by atoms with Crippen LogP contribution in [-0.4, -0.2) is 22.6 Å². The molecule has 5 nitrogen and oxygen atoms in total. The molecule has 0 atom stereocenters. The van der Waals surface area contributed by atoms with E-state index in [1.807, 2.05) is 54.8 Å². The molecule has 0 fully saturated rings. The second-order valence-corrected chi connectivity index (χ2v) is 6.80. The summed E-state index contributed by atoms with van der Waals surface area (Å²) in [6.45, 7) is 4.64. The third kappa shape index (κ3) is 4.15. The van der Waals surface area contributed by atoms with Gasteiger partial charge in [-0.15, -0.1) is 12.4 Å². The number of nitrogens with two attached hydrogens (primary N) is 1. The molecule has 27 heavy (non-hydrogen) atoms. The summed E-state index contributed by atoms with van der Waals surface area (Å²) in [5.41, 5.74) is 7.40. The van der Waals surface area contributed by atoms with Crippen LogP contribution in [0.3, 0.4) is 0 Å². The molecular weight excluding hydrogens is 362 g/mol. The zero-order valence-corrected chi connectivity index (χ0v) is 16.5. The van der Waals surface area contributed by atoms with Crippen molar-refractivity contribution in [3.8, 4) is 0 Å². The molecule has 3 aromatic rings. The Bertz CT molecular complexity index is 949. The maximum atomic E-state index is 12.7. The Balaban J connectivity index is 0.00000261. The predicted molar refractivity (Wildman–Crippen MR) is 113 cm³/mol. The molecule has 3 rings (SSSR count). The van der Waals surface area contributed by atoms with Gasteiger partial charge < -0.3 is 15.6 Å². The fourth-order valence-electron chi connectivity index (χ4n) is 3.22. The topological polar surface area (TPSA) is 77.1 Å². The molecule has 0 aliphatic rings. The molecule has 1 aromatic heterocycles. The van der Waals surface area contributed by atoms with E-state index in [4.69, 9.17) is 5.73 Å². The fraction of sp³-hybridized carbons (Fsp3) is 0.333. The average Bonchev–Trinajstić information content (AvgIpc) is 2.69. The SMILES string of the molecule is CCC(N)(CC)CNC(=O)Cn1c2ccccc2c(=O)c2ccccc21.Cl. The number of carbonyl (C=O) groups is 1. The third-order valence-corrected chi connectivity index (χ3v) is 5.23. The lowest BCUT2D eigenvalue weighted by molar-refractivity contribution is -0.121. The Hall–Kier alpha value is -2.37. The van der Waals surface area contributed by atoms with Gasteiger partial charge in [-0.3, -0.25) is 9.59 Å². The minimum atomic E-state index is -0.386. The highest BCUT2D eigenvalue weighted by Crippen LogP contribution is 2.19. The average molecular weight is 388 g/mol. The zero-order valence-electron chi connectivity index (χ0n) is 15.7. The molecule has 0 aliphatic heterocycles. The fourth-order valence-corrected chi connectivity index (χ4v) is 3.22. The number of benzene rings is 2. The van der Waals surface area contributed by atoms with Gasteiger partial charge >= 0.3 is 0 Å². The second-order valence-electron chi connectivity index (χ2n) is 6.80. The van der Waals surface area contributed by atoms with Gasteiger partial charge in [-0.2, -0.15) is 0 Å². The molecule has 1 amide bonds. The van der Waals surface area contributed by atoms with Crippen LogP contribution in [0.5, 0.6) is 0 Å². The number of aromatic nitrogens is 1. The van der Waals surface area contributed by atoms with Gasteiger partial charge in [-0.05, 0) is 37.1 Å². The summed E-state index contributed by atoms with van der Waals surface area (Å²) in [6.07, 6.45) is 1.60. The van der Waals surface area contributed by atoms with Crippen molar-refractivity contribution in [2.24, 2.45) is 5.73 Å². The normalized spacial score (nSPS) is 11.4. The summed E-state index contributed by atoms with van der Waals surface area (Å²) < 4.78 is 1.90. The van der Waals surface area contributed by atoms with Crippen molar-refractivity contribution in [2.45, 2.75) is 38.8 Å². The monoisotopic (exact) mass is 387 g/mol. The lowest BCUT2D eigenvalue weighted by atomic mass is 9.94. The summed E-state index contributed by atoms with van der Waals surface area (Å²) in [7, 11) is 0. The number of carbonyl (C=O) groups excluding carboxylic acids is 1. The number of para-hydroxylation sites is 2. The van der Waals surface area contributed by atoms with E-state index in [0.29, 0.717) is 17.3 Å². The molecule has 3 N–H and O–H groups in total. The van der Waals surface area contributed by atoms with Gasteiger partial charge in [0.1, 0.15) is 6.54 Å². The number of hydrogen-bond acceptors (Lipinski definition) is 3. The standard InChI is InChI=1S/C21H25N3O2.ClH/c1-3-21(22,4-2)14-23-19(25)13-24-17-11-7-5-9-15(17)20(26)16-10-6-8-12-18(16)24;/h5-12H,3-4,13-14,22H2,1-2H3,(H,23,25);1H.